The zero-order valence-corrected chi connectivity index (χ0v) is 11.3. The highest BCUT2D eigenvalue weighted by atomic mass is 19.3. The molecule has 0 saturated heterocycles. The number of alkyl halides is 2. The zero-order valence-electron chi connectivity index (χ0n) is 11.3. The van der Waals surface area contributed by atoms with Crippen molar-refractivity contribution in [2.75, 3.05) is 0 Å². The summed E-state index contributed by atoms with van der Waals surface area (Å²) in [4.78, 5) is 8.26. The van der Waals surface area contributed by atoms with Crippen molar-refractivity contribution in [1.29, 1.82) is 0 Å². The Hall–Kier alpha value is -1.06. The van der Waals surface area contributed by atoms with E-state index in [4.69, 9.17) is 0 Å². The largest absolute Gasteiger partial charge is 0.280 e. The van der Waals surface area contributed by atoms with Crippen LogP contribution in [0.1, 0.15) is 65.0 Å². The Bertz CT molecular complexity index is 401. The van der Waals surface area contributed by atoms with Crippen LogP contribution in [-0.2, 0) is 10.8 Å². The number of nitrogens with zero attached hydrogens (tertiary/aromatic N) is 2. The van der Waals surface area contributed by atoms with Crippen molar-refractivity contribution in [2.45, 2.75) is 58.8 Å². The Labute approximate surface area is 101 Å². The van der Waals surface area contributed by atoms with Gasteiger partial charge in [0.2, 0.25) is 0 Å². The molecule has 0 aliphatic rings. The predicted molar refractivity (Wildman–Crippen MR) is 64.4 cm³/mol. The fraction of sp³-hybridized carbons (Fsp3) is 0.692. The SMILES string of the molecule is CC(C)(C)c1ncc(C(C)(C)C)c(C(F)F)n1. The molecule has 1 heterocycles. The molecule has 0 N–H and O–H groups in total. The standard InChI is InChI=1S/C13H20F2N2/c1-12(2,3)8-7-16-11(13(4,5)6)17-9(8)10(14)15/h7,10H,1-6H3. The molecule has 0 spiro atoms. The van der Waals surface area contributed by atoms with E-state index in [0.717, 1.165) is 0 Å². The summed E-state index contributed by atoms with van der Waals surface area (Å²) in [6.45, 7) is 11.4. The van der Waals surface area contributed by atoms with Crippen LogP contribution in [0.4, 0.5) is 8.78 Å². The second-order valence-corrected chi connectivity index (χ2v) is 6.29. The molecule has 4 heteroatoms. The molecule has 17 heavy (non-hydrogen) atoms. The van der Waals surface area contributed by atoms with Gasteiger partial charge in [-0.3, -0.25) is 0 Å². The van der Waals surface area contributed by atoms with Gasteiger partial charge in [-0.2, -0.15) is 0 Å². The molecule has 2 nitrogen and oxygen atoms in total. The maximum absolute atomic E-state index is 13.0. The van der Waals surface area contributed by atoms with Crippen molar-refractivity contribution < 1.29 is 8.78 Å². The molecule has 0 aromatic carbocycles. The summed E-state index contributed by atoms with van der Waals surface area (Å²) >= 11 is 0. The quantitative estimate of drug-likeness (QED) is 0.743. The van der Waals surface area contributed by atoms with Gasteiger partial charge in [0, 0.05) is 17.2 Å². The maximum Gasteiger partial charge on any atom is 0.280 e. The molecule has 0 fully saturated rings. The van der Waals surface area contributed by atoms with Gasteiger partial charge in [-0.15, -0.1) is 0 Å². The Morgan fingerprint density at radius 1 is 1.00 bits per heavy atom. The van der Waals surface area contributed by atoms with E-state index in [1.165, 1.54) is 6.20 Å². The van der Waals surface area contributed by atoms with E-state index in [-0.39, 0.29) is 16.5 Å². The maximum atomic E-state index is 13.0. The van der Waals surface area contributed by atoms with Crippen molar-refractivity contribution in [3.05, 3.63) is 23.3 Å². The average Bonchev–Trinajstić information content (AvgIpc) is 2.14. The van der Waals surface area contributed by atoms with E-state index in [1.807, 2.05) is 41.5 Å². The molecular formula is C13H20F2N2. The van der Waals surface area contributed by atoms with Crippen LogP contribution < -0.4 is 0 Å². The van der Waals surface area contributed by atoms with Crippen molar-refractivity contribution >= 4 is 0 Å². The van der Waals surface area contributed by atoms with Gasteiger partial charge in [0.15, 0.2) is 0 Å². The first-order valence-electron chi connectivity index (χ1n) is 5.69. The molecular weight excluding hydrogens is 222 g/mol. The van der Waals surface area contributed by atoms with Crippen LogP contribution in [0.2, 0.25) is 0 Å². The second-order valence-electron chi connectivity index (χ2n) is 6.29. The first-order valence-corrected chi connectivity index (χ1v) is 5.69. The minimum atomic E-state index is -2.56. The lowest BCUT2D eigenvalue weighted by Crippen LogP contribution is -2.22. The Morgan fingerprint density at radius 3 is 1.88 bits per heavy atom. The van der Waals surface area contributed by atoms with Crippen LogP contribution >= 0.6 is 0 Å². The van der Waals surface area contributed by atoms with Gasteiger partial charge in [0.25, 0.3) is 6.43 Å². The lowest BCUT2D eigenvalue weighted by Gasteiger charge is -2.24. The molecule has 0 amide bonds. The van der Waals surface area contributed by atoms with Crippen LogP contribution in [0.5, 0.6) is 0 Å². The van der Waals surface area contributed by atoms with Crippen LogP contribution in [0.3, 0.4) is 0 Å². The molecule has 96 valence electrons. The third-order valence-corrected chi connectivity index (χ3v) is 2.50. The van der Waals surface area contributed by atoms with Crippen molar-refractivity contribution in [3.63, 3.8) is 0 Å². The summed E-state index contributed by atoms with van der Waals surface area (Å²) in [5.74, 6) is 0.459. The topological polar surface area (TPSA) is 25.8 Å². The van der Waals surface area contributed by atoms with Crippen LogP contribution in [-0.4, -0.2) is 9.97 Å². The van der Waals surface area contributed by atoms with Crippen LogP contribution in [0.25, 0.3) is 0 Å². The van der Waals surface area contributed by atoms with E-state index in [2.05, 4.69) is 9.97 Å². The smallest absolute Gasteiger partial charge is 0.240 e. The molecule has 0 radical (unpaired) electrons. The van der Waals surface area contributed by atoms with E-state index in [1.54, 1.807) is 0 Å². The molecule has 0 aliphatic heterocycles. The van der Waals surface area contributed by atoms with Gasteiger partial charge < -0.3 is 0 Å². The van der Waals surface area contributed by atoms with Gasteiger partial charge in [-0.25, -0.2) is 18.7 Å². The zero-order chi connectivity index (χ0) is 13.4. The van der Waals surface area contributed by atoms with E-state index in [9.17, 15) is 8.78 Å². The lowest BCUT2D eigenvalue weighted by molar-refractivity contribution is 0.142. The summed E-state index contributed by atoms with van der Waals surface area (Å²) in [6.07, 6.45) is -1.02. The molecule has 1 aromatic heterocycles. The average molecular weight is 242 g/mol. The highest BCUT2D eigenvalue weighted by molar-refractivity contribution is 5.27. The highest BCUT2D eigenvalue weighted by Crippen LogP contribution is 2.31. The van der Waals surface area contributed by atoms with Gasteiger partial charge >= 0.3 is 0 Å². The number of hydrogen-bond acceptors (Lipinski definition) is 2. The third-order valence-electron chi connectivity index (χ3n) is 2.50. The van der Waals surface area contributed by atoms with Gasteiger partial charge in [-0.05, 0) is 5.41 Å². The van der Waals surface area contributed by atoms with Crippen LogP contribution in [0.15, 0.2) is 6.20 Å². The van der Waals surface area contributed by atoms with Gasteiger partial charge in [-0.1, -0.05) is 41.5 Å². The summed E-state index contributed by atoms with van der Waals surface area (Å²) in [5.41, 5.74) is -0.319. The Morgan fingerprint density at radius 2 is 1.53 bits per heavy atom. The van der Waals surface area contributed by atoms with E-state index in [0.29, 0.717) is 11.4 Å². The normalized spacial score (nSPS) is 13.2. The number of rotatable bonds is 1. The molecule has 0 atom stereocenters. The van der Waals surface area contributed by atoms with E-state index < -0.39 is 6.43 Å². The Kier molecular flexibility index (Phi) is 3.55. The first-order chi connectivity index (χ1) is 7.53. The summed E-state index contributed by atoms with van der Waals surface area (Å²) in [7, 11) is 0. The van der Waals surface area contributed by atoms with Crippen molar-refractivity contribution in [1.82, 2.24) is 9.97 Å². The molecule has 0 bridgehead atoms. The second kappa shape index (κ2) is 4.31. The minimum absolute atomic E-state index is 0.141. The lowest BCUT2D eigenvalue weighted by atomic mass is 9.86. The van der Waals surface area contributed by atoms with E-state index >= 15 is 0 Å². The summed E-state index contributed by atoms with van der Waals surface area (Å²) < 4.78 is 26.1. The number of hydrogen-bond donors (Lipinski definition) is 0. The molecule has 1 rings (SSSR count). The molecule has 0 aliphatic carbocycles. The van der Waals surface area contributed by atoms with Crippen molar-refractivity contribution in [2.24, 2.45) is 0 Å². The summed E-state index contributed by atoms with van der Waals surface area (Å²) in [5, 5.41) is 0. The predicted octanol–water partition coefficient (Wildman–Crippen LogP) is 4.01. The number of halogens is 2. The fourth-order valence-corrected chi connectivity index (χ4v) is 1.50. The molecule has 1 aromatic rings. The monoisotopic (exact) mass is 242 g/mol. The minimum Gasteiger partial charge on any atom is -0.240 e. The Balaban J connectivity index is 3.38. The third kappa shape index (κ3) is 3.20. The highest BCUT2D eigenvalue weighted by Gasteiger charge is 2.27. The van der Waals surface area contributed by atoms with Crippen molar-refractivity contribution in [3.8, 4) is 0 Å². The first kappa shape index (κ1) is 14.0. The summed E-state index contributed by atoms with van der Waals surface area (Å²) in [6, 6.07) is 0. The van der Waals surface area contributed by atoms with Gasteiger partial charge in [0.05, 0.1) is 0 Å². The van der Waals surface area contributed by atoms with Gasteiger partial charge in [0.1, 0.15) is 11.5 Å². The number of aromatic nitrogens is 2. The molecule has 0 unspecified atom stereocenters. The molecule has 0 saturated carbocycles. The van der Waals surface area contributed by atoms with Crippen LogP contribution in [0, 0.1) is 0 Å². The fourth-order valence-electron chi connectivity index (χ4n) is 1.50.